The third-order valence-corrected chi connectivity index (χ3v) is 2.37. The van der Waals surface area contributed by atoms with Gasteiger partial charge in [-0.2, -0.15) is 0 Å². The predicted molar refractivity (Wildman–Crippen MR) is 63.0 cm³/mol. The number of rotatable bonds is 3. The number of ether oxygens (including phenoxy) is 2. The van der Waals surface area contributed by atoms with Gasteiger partial charge in [0, 0.05) is 0 Å². The first kappa shape index (κ1) is 14.5. The van der Waals surface area contributed by atoms with Crippen LogP contribution in [0.2, 0.25) is 0 Å². The highest BCUT2D eigenvalue weighted by atomic mass is 16.6. The molecule has 1 rings (SSSR count). The molecule has 0 aliphatic carbocycles. The third-order valence-electron chi connectivity index (χ3n) is 2.37. The van der Waals surface area contributed by atoms with Crippen LogP contribution in [0.4, 0.5) is 4.79 Å². The molecule has 0 bridgehead atoms. The lowest BCUT2D eigenvalue weighted by Crippen LogP contribution is -2.61. The van der Waals surface area contributed by atoms with Gasteiger partial charge in [0.1, 0.15) is 11.6 Å². The summed E-state index contributed by atoms with van der Waals surface area (Å²) < 4.78 is 9.90. The molecule has 0 aromatic rings. The number of nitrogens with zero attached hydrogens (tertiary/aromatic N) is 1. The first-order chi connectivity index (χ1) is 8.24. The maximum absolute atomic E-state index is 11.7. The van der Waals surface area contributed by atoms with Crippen molar-refractivity contribution >= 4 is 17.8 Å². The average molecular weight is 257 g/mol. The number of amides is 1. The van der Waals surface area contributed by atoms with Crippen LogP contribution >= 0.6 is 0 Å². The Morgan fingerprint density at radius 1 is 1.39 bits per heavy atom. The van der Waals surface area contributed by atoms with E-state index in [1.54, 1.807) is 27.7 Å². The number of Topliss-reactive ketones (excluding diaryl/α,β-unsaturated/α-hetero) is 1. The standard InChI is InChI=1S/C12H19NO5/c1-5-17-10(15)6-8-9(14)7-13(8)11(16)18-12(2,3)4/h8H,5-7H2,1-4H3. The lowest BCUT2D eigenvalue weighted by molar-refractivity contribution is -0.150. The second-order valence-corrected chi connectivity index (χ2v) is 5.10. The number of hydrogen-bond acceptors (Lipinski definition) is 5. The van der Waals surface area contributed by atoms with Crippen molar-refractivity contribution < 1.29 is 23.9 Å². The molecule has 0 aromatic carbocycles. The van der Waals surface area contributed by atoms with Crippen LogP contribution in [-0.2, 0) is 19.1 Å². The van der Waals surface area contributed by atoms with Crippen LogP contribution in [0.15, 0.2) is 0 Å². The third kappa shape index (κ3) is 3.72. The Hall–Kier alpha value is -1.59. The number of hydrogen-bond donors (Lipinski definition) is 0. The van der Waals surface area contributed by atoms with Gasteiger partial charge in [0.25, 0.3) is 0 Å². The molecule has 1 aliphatic heterocycles. The molecule has 18 heavy (non-hydrogen) atoms. The summed E-state index contributed by atoms with van der Waals surface area (Å²) in [6.07, 6.45) is -0.678. The van der Waals surface area contributed by atoms with E-state index in [9.17, 15) is 14.4 Å². The zero-order valence-corrected chi connectivity index (χ0v) is 11.2. The van der Waals surface area contributed by atoms with Crippen molar-refractivity contribution in [2.45, 2.75) is 45.8 Å². The fourth-order valence-electron chi connectivity index (χ4n) is 1.56. The molecule has 1 heterocycles. The molecule has 0 saturated carbocycles. The van der Waals surface area contributed by atoms with Gasteiger partial charge in [-0.25, -0.2) is 4.79 Å². The fraction of sp³-hybridized carbons (Fsp3) is 0.750. The largest absolute Gasteiger partial charge is 0.466 e. The van der Waals surface area contributed by atoms with Gasteiger partial charge < -0.3 is 9.47 Å². The lowest BCUT2D eigenvalue weighted by Gasteiger charge is -2.39. The van der Waals surface area contributed by atoms with E-state index < -0.39 is 23.7 Å². The van der Waals surface area contributed by atoms with Crippen LogP contribution in [0.25, 0.3) is 0 Å². The van der Waals surface area contributed by atoms with Crippen molar-refractivity contribution in [1.29, 1.82) is 0 Å². The zero-order valence-electron chi connectivity index (χ0n) is 11.2. The van der Waals surface area contributed by atoms with Gasteiger partial charge in [-0.15, -0.1) is 0 Å². The Labute approximate surface area is 106 Å². The maximum atomic E-state index is 11.7. The molecular formula is C12H19NO5. The predicted octanol–water partition coefficient (Wildman–Crippen LogP) is 1.13. The van der Waals surface area contributed by atoms with Crippen molar-refractivity contribution in [2.75, 3.05) is 13.2 Å². The molecule has 1 unspecified atom stereocenters. The van der Waals surface area contributed by atoms with Gasteiger partial charge in [0.2, 0.25) is 0 Å². The highest BCUT2D eigenvalue weighted by Gasteiger charge is 2.43. The van der Waals surface area contributed by atoms with E-state index in [1.807, 2.05) is 0 Å². The Bertz CT molecular complexity index is 358. The second-order valence-electron chi connectivity index (χ2n) is 5.10. The van der Waals surface area contributed by atoms with Crippen molar-refractivity contribution in [2.24, 2.45) is 0 Å². The molecular weight excluding hydrogens is 238 g/mol. The molecule has 1 fully saturated rings. The minimum atomic E-state index is -0.737. The van der Waals surface area contributed by atoms with E-state index in [0.717, 1.165) is 0 Å². The Morgan fingerprint density at radius 3 is 2.44 bits per heavy atom. The smallest absolute Gasteiger partial charge is 0.411 e. The molecule has 1 atom stereocenters. The molecule has 102 valence electrons. The van der Waals surface area contributed by atoms with E-state index >= 15 is 0 Å². The summed E-state index contributed by atoms with van der Waals surface area (Å²) in [6.45, 7) is 7.17. The first-order valence-electron chi connectivity index (χ1n) is 5.92. The molecule has 0 spiro atoms. The zero-order chi connectivity index (χ0) is 13.9. The van der Waals surface area contributed by atoms with Crippen LogP contribution in [0, 0.1) is 0 Å². The Balaban J connectivity index is 2.55. The Morgan fingerprint density at radius 2 is 2.00 bits per heavy atom. The van der Waals surface area contributed by atoms with Crippen LogP contribution in [0.1, 0.15) is 34.1 Å². The SMILES string of the molecule is CCOC(=O)CC1C(=O)CN1C(=O)OC(C)(C)C. The summed E-state index contributed by atoms with van der Waals surface area (Å²) in [5.41, 5.74) is -0.621. The monoisotopic (exact) mass is 257 g/mol. The number of carbonyl (C=O) groups excluding carboxylic acids is 3. The van der Waals surface area contributed by atoms with Crippen molar-refractivity contribution in [1.82, 2.24) is 4.90 Å². The quantitative estimate of drug-likeness (QED) is 0.708. The maximum Gasteiger partial charge on any atom is 0.411 e. The molecule has 1 amide bonds. The van der Waals surface area contributed by atoms with Crippen LogP contribution in [-0.4, -0.2) is 47.5 Å². The van der Waals surface area contributed by atoms with Crippen molar-refractivity contribution in [3.63, 3.8) is 0 Å². The molecule has 0 aromatic heterocycles. The van der Waals surface area contributed by atoms with Gasteiger partial charge in [0.05, 0.1) is 19.6 Å². The molecule has 1 saturated heterocycles. The molecule has 6 heteroatoms. The summed E-state index contributed by atoms with van der Waals surface area (Å²) >= 11 is 0. The van der Waals surface area contributed by atoms with E-state index in [1.165, 1.54) is 4.90 Å². The number of ketones is 1. The van der Waals surface area contributed by atoms with Crippen LogP contribution in [0.3, 0.4) is 0 Å². The number of carbonyl (C=O) groups is 3. The van der Waals surface area contributed by atoms with Crippen LogP contribution < -0.4 is 0 Å². The summed E-state index contributed by atoms with van der Waals surface area (Å²) in [6, 6.07) is -0.737. The fourth-order valence-corrected chi connectivity index (χ4v) is 1.56. The summed E-state index contributed by atoms with van der Waals surface area (Å²) in [4.78, 5) is 35.7. The highest BCUT2D eigenvalue weighted by molar-refractivity contribution is 5.99. The summed E-state index contributed by atoms with van der Waals surface area (Å²) in [5, 5.41) is 0. The van der Waals surface area contributed by atoms with Gasteiger partial charge in [-0.3, -0.25) is 14.5 Å². The van der Waals surface area contributed by atoms with Crippen molar-refractivity contribution in [3.8, 4) is 0 Å². The second kappa shape index (κ2) is 5.37. The lowest BCUT2D eigenvalue weighted by atomic mass is 9.99. The Kier molecular flexibility index (Phi) is 4.32. The minimum Gasteiger partial charge on any atom is -0.466 e. The topological polar surface area (TPSA) is 72.9 Å². The first-order valence-corrected chi connectivity index (χ1v) is 5.92. The molecule has 0 radical (unpaired) electrons. The average Bonchev–Trinajstić information content (AvgIpc) is 2.20. The van der Waals surface area contributed by atoms with E-state index in [2.05, 4.69) is 0 Å². The molecule has 0 N–H and O–H groups in total. The van der Waals surface area contributed by atoms with E-state index in [0.29, 0.717) is 0 Å². The van der Waals surface area contributed by atoms with Gasteiger partial charge >= 0.3 is 12.1 Å². The van der Waals surface area contributed by atoms with Gasteiger partial charge in [-0.05, 0) is 27.7 Å². The number of esters is 1. The van der Waals surface area contributed by atoms with Gasteiger partial charge in [0.15, 0.2) is 5.78 Å². The minimum absolute atomic E-state index is 0.00101. The molecule has 6 nitrogen and oxygen atoms in total. The van der Waals surface area contributed by atoms with E-state index in [4.69, 9.17) is 9.47 Å². The molecule has 1 aliphatic rings. The summed E-state index contributed by atoms with van der Waals surface area (Å²) in [7, 11) is 0. The normalized spacial score (nSPS) is 19.2. The van der Waals surface area contributed by atoms with Crippen molar-refractivity contribution in [3.05, 3.63) is 0 Å². The van der Waals surface area contributed by atoms with Crippen LogP contribution in [0.5, 0.6) is 0 Å². The number of likely N-dealkylation sites (tertiary alicyclic amines) is 1. The summed E-state index contributed by atoms with van der Waals surface area (Å²) in [5.74, 6) is -0.627. The van der Waals surface area contributed by atoms with E-state index in [-0.39, 0.29) is 25.4 Å². The highest BCUT2D eigenvalue weighted by Crippen LogP contribution is 2.21. The van der Waals surface area contributed by atoms with Gasteiger partial charge in [-0.1, -0.05) is 0 Å².